The third-order valence-electron chi connectivity index (χ3n) is 3.92. The second-order valence-corrected chi connectivity index (χ2v) is 8.49. The van der Waals surface area contributed by atoms with Gasteiger partial charge in [-0.25, -0.2) is 4.79 Å². The van der Waals surface area contributed by atoms with Crippen molar-refractivity contribution in [1.29, 1.82) is 0 Å². The molecule has 0 aliphatic rings. The molecule has 9 nitrogen and oxygen atoms in total. The Morgan fingerprint density at radius 3 is 1.86 bits per heavy atom. The molecule has 3 amide bonds. The average Bonchev–Trinajstić information content (AvgIpc) is 2.65. The highest BCUT2D eigenvalue weighted by molar-refractivity contribution is 7.98. The lowest BCUT2D eigenvalue weighted by Gasteiger charge is -2.26. The monoisotopic (exact) mass is 436 g/mol. The molecule has 0 heterocycles. The maximum Gasteiger partial charge on any atom is 0.326 e. The summed E-state index contributed by atoms with van der Waals surface area (Å²) in [6.45, 7) is 3.25. The number of hydrogen-bond donors (Lipinski definition) is 5. The van der Waals surface area contributed by atoms with Gasteiger partial charge in [-0.05, 0) is 42.8 Å². The molecule has 0 aromatic rings. The van der Waals surface area contributed by atoms with Gasteiger partial charge in [-0.1, -0.05) is 13.8 Å². The second kappa shape index (κ2) is 14.5. The lowest BCUT2D eigenvalue weighted by atomic mass is 10.0. The molecule has 3 unspecified atom stereocenters. The molecule has 0 saturated heterocycles. The van der Waals surface area contributed by atoms with E-state index in [2.05, 4.69) is 16.0 Å². The lowest BCUT2D eigenvalue weighted by Crippen LogP contribution is -2.57. The highest BCUT2D eigenvalue weighted by atomic mass is 32.2. The van der Waals surface area contributed by atoms with Crippen molar-refractivity contribution in [3.8, 4) is 0 Å². The maximum absolute atomic E-state index is 12.6. The third-order valence-corrected chi connectivity index (χ3v) is 5.21. The zero-order valence-corrected chi connectivity index (χ0v) is 18.5. The fourth-order valence-electron chi connectivity index (χ4n) is 2.30. The van der Waals surface area contributed by atoms with Crippen LogP contribution in [0.15, 0.2) is 0 Å². The number of carboxylic acid groups (broad SMARTS) is 1. The topological polar surface area (TPSA) is 151 Å². The number of nitrogens with one attached hydrogen (secondary N) is 3. The molecular formula is C17H32N4O5S2. The van der Waals surface area contributed by atoms with E-state index in [0.29, 0.717) is 17.9 Å². The summed E-state index contributed by atoms with van der Waals surface area (Å²) in [5.41, 5.74) is 5.30. The highest BCUT2D eigenvalue weighted by Crippen LogP contribution is 2.08. The van der Waals surface area contributed by atoms with Gasteiger partial charge in [-0.15, -0.1) is 0 Å². The standard InChI is InChI=1S/C17H32N4O5S2/c1-10(2)14(16(24)20-12(17(25)26)6-8-28-4)21-15(23)11(5-7-27-3)19-13(22)9-18/h10-12,14H,5-9,18H2,1-4H3,(H,19,22)(H,20,24)(H,21,23)(H,25,26). The molecule has 11 heteroatoms. The van der Waals surface area contributed by atoms with Crippen molar-refractivity contribution in [2.45, 2.75) is 44.8 Å². The van der Waals surface area contributed by atoms with Crippen LogP contribution in [-0.2, 0) is 19.2 Å². The number of aliphatic carboxylic acids is 1. The number of rotatable bonds is 14. The van der Waals surface area contributed by atoms with E-state index in [1.807, 2.05) is 12.5 Å². The van der Waals surface area contributed by atoms with E-state index in [9.17, 15) is 24.3 Å². The molecule has 162 valence electrons. The number of carboxylic acids is 1. The Hall–Kier alpha value is -1.46. The number of carbonyl (C=O) groups excluding carboxylic acids is 3. The molecule has 28 heavy (non-hydrogen) atoms. The van der Waals surface area contributed by atoms with Crippen LogP contribution in [0, 0.1) is 5.92 Å². The summed E-state index contributed by atoms with van der Waals surface area (Å²) in [7, 11) is 0. The second-order valence-electron chi connectivity index (χ2n) is 6.52. The van der Waals surface area contributed by atoms with Crippen LogP contribution in [0.3, 0.4) is 0 Å². The zero-order valence-electron chi connectivity index (χ0n) is 16.8. The Balaban J connectivity index is 5.16. The van der Waals surface area contributed by atoms with E-state index in [4.69, 9.17) is 5.73 Å². The molecular weight excluding hydrogens is 404 g/mol. The van der Waals surface area contributed by atoms with Gasteiger partial charge in [-0.2, -0.15) is 23.5 Å². The van der Waals surface area contributed by atoms with Crippen molar-refractivity contribution in [1.82, 2.24) is 16.0 Å². The van der Waals surface area contributed by atoms with E-state index in [-0.39, 0.29) is 18.9 Å². The van der Waals surface area contributed by atoms with E-state index in [1.165, 1.54) is 23.5 Å². The lowest BCUT2D eigenvalue weighted by molar-refractivity contribution is -0.142. The molecule has 3 atom stereocenters. The van der Waals surface area contributed by atoms with Crippen LogP contribution >= 0.6 is 23.5 Å². The minimum Gasteiger partial charge on any atom is -0.480 e. The molecule has 0 rings (SSSR count). The predicted molar refractivity (Wildman–Crippen MR) is 113 cm³/mol. The SMILES string of the molecule is CSCCC(NC(=O)C(NC(=O)C(CCSC)NC(=O)CN)C(C)C)C(=O)O. The molecule has 0 aliphatic heterocycles. The third kappa shape index (κ3) is 10.2. The Morgan fingerprint density at radius 1 is 0.893 bits per heavy atom. The van der Waals surface area contributed by atoms with Crippen LogP contribution in [0.2, 0.25) is 0 Å². The summed E-state index contributed by atoms with van der Waals surface area (Å²) >= 11 is 3.01. The fraction of sp³-hybridized carbons (Fsp3) is 0.765. The van der Waals surface area contributed by atoms with Gasteiger partial charge in [0.05, 0.1) is 6.54 Å². The van der Waals surface area contributed by atoms with Crippen LogP contribution in [0.1, 0.15) is 26.7 Å². The van der Waals surface area contributed by atoms with Crippen LogP contribution in [0.4, 0.5) is 0 Å². The molecule has 0 saturated carbocycles. The van der Waals surface area contributed by atoms with E-state index >= 15 is 0 Å². The summed E-state index contributed by atoms with van der Waals surface area (Å²) in [6, 6.07) is -2.76. The summed E-state index contributed by atoms with van der Waals surface area (Å²) < 4.78 is 0. The maximum atomic E-state index is 12.6. The quantitative estimate of drug-likeness (QED) is 0.248. The van der Waals surface area contributed by atoms with Gasteiger partial charge in [0.25, 0.3) is 0 Å². The molecule has 0 fully saturated rings. The summed E-state index contributed by atoms with van der Waals surface area (Å²) in [4.78, 5) is 48.2. The Labute approximate surface area is 174 Å². The van der Waals surface area contributed by atoms with Gasteiger partial charge >= 0.3 is 5.97 Å². The van der Waals surface area contributed by atoms with Gasteiger partial charge < -0.3 is 26.8 Å². The first-order valence-electron chi connectivity index (χ1n) is 8.98. The highest BCUT2D eigenvalue weighted by Gasteiger charge is 2.30. The first kappa shape index (κ1) is 26.5. The number of amides is 3. The molecule has 0 radical (unpaired) electrons. The number of nitrogens with two attached hydrogens (primary N) is 1. The van der Waals surface area contributed by atoms with Crippen molar-refractivity contribution in [3.05, 3.63) is 0 Å². The summed E-state index contributed by atoms with van der Waals surface area (Å²) in [5.74, 6) is -1.70. The molecule has 6 N–H and O–H groups in total. The van der Waals surface area contributed by atoms with Crippen molar-refractivity contribution in [2.24, 2.45) is 11.7 Å². The van der Waals surface area contributed by atoms with Crippen LogP contribution in [0.25, 0.3) is 0 Å². The van der Waals surface area contributed by atoms with Crippen molar-refractivity contribution >= 4 is 47.2 Å². The number of carbonyl (C=O) groups is 4. The van der Waals surface area contributed by atoms with Crippen molar-refractivity contribution in [3.63, 3.8) is 0 Å². The van der Waals surface area contributed by atoms with Gasteiger partial charge in [0.2, 0.25) is 17.7 Å². The zero-order chi connectivity index (χ0) is 21.7. The van der Waals surface area contributed by atoms with E-state index < -0.39 is 41.8 Å². The predicted octanol–water partition coefficient (Wildman–Crippen LogP) is -0.354. The molecule has 0 aromatic heterocycles. The normalized spacial score (nSPS) is 14.1. The summed E-state index contributed by atoms with van der Waals surface area (Å²) in [6.07, 6.45) is 4.40. The van der Waals surface area contributed by atoms with Crippen molar-refractivity contribution in [2.75, 3.05) is 30.6 Å². The van der Waals surface area contributed by atoms with E-state index in [0.717, 1.165) is 0 Å². The summed E-state index contributed by atoms with van der Waals surface area (Å²) in [5, 5.41) is 17.0. The van der Waals surface area contributed by atoms with Gasteiger partial charge in [0.15, 0.2) is 0 Å². The molecule has 0 aromatic carbocycles. The van der Waals surface area contributed by atoms with Crippen LogP contribution in [0.5, 0.6) is 0 Å². The van der Waals surface area contributed by atoms with Gasteiger partial charge in [0, 0.05) is 0 Å². The Kier molecular flexibility index (Phi) is 13.8. The Bertz CT molecular complexity index is 534. The van der Waals surface area contributed by atoms with Crippen LogP contribution in [-0.4, -0.2) is 77.5 Å². The van der Waals surface area contributed by atoms with Crippen molar-refractivity contribution < 1.29 is 24.3 Å². The molecule has 0 aliphatic carbocycles. The van der Waals surface area contributed by atoms with E-state index in [1.54, 1.807) is 13.8 Å². The number of hydrogen-bond acceptors (Lipinski definition) is 7. The fourth-order valence-corrected chi connectivity index (χ4v) is 3.24. The minimum atomic E-state index is -1.12. The first-order chi connectivity index (χ1) is 13.2. The largest absolute Gasteiger partial charge is 0.480 e. The smallest absolute Gasteiger partial charge is 0.326 e. The number of thioether (sulfide) groups is 2. The molecule has 0 spiro atoms. The van der Waals surface area contributed by atoms with Gasteiger partial charge in [0.1, 0.15) is 18.1 Å². The minimum absolute atomic E-state index is 0.243. The average molecular weight is 437 g/mol. The van der Waals surface area contributed by atoms with Gasteiger partial charge in [-0.3, -0.25) is 14.4 Å². The molecule has 0 bridgehead atoms. The Morgan fingerprint density at radius 2 is 1.43 bits per heavy atom. The first-order valence-corrected chi connectivity index (χ1v) is 11.8. The van der Waals surface area contributed by atoms with Crippen LogP contribution < -0.4 is 21.7 Å².